The van der Waals surface area contributed by atoms with Gasteiger partial charge < -0.3 is 15.2 Å². The van der Waals surface area contributed by atoms with Gasteiger partial charge in [-0.1, -0.05) is 41.9 Å². The molecule has 5 heteroatoms. The lowest BCUT2D eigenvalue weighted by Crippen LogP contribution is -2.51. The minimum Gasteiger partial charge on any atom is -0.477 e. The van der Waals surface area contributed by atoms with Crippen LogP contribution in [0.1, 0.15) is 30.1 Å². The van der Waals surface area contributed by atoms with Gasteiger partial charge in [-0.25, -0.2) is 4.39 Å². The number of fused-ring (bicyclic) bond motifs is 1. The molecule has 2 N–H and O–H groups in total. The molecule has 1 saturated heterocycles. The first-order valence-electron chi connectivity index (χ1n) is 7.78. The fourth-order valence-corrected chi connectivity index (χ4v) is 3.92. The fraction of sp³-hybridized carbons (Fsp3) is 0.333. The fourth-order valence-electron chi connectivity index (χ4n) is 3.74. The van der Waals surface area contributed by atoms with Crippen molar-refractivity contribution < 1.29 is 14.2 Å². The van der Waals surface area contributed by atoms with E-state index < -0.39 is 17.5 Å². The zero-order valence-corrected chi connectivity index (χ0v) is 13.2. The predicted molar refractivity (Wildman–Crippen MR) is 86.1 cm³/mol. The summed E-state index contributed by atoms with van der Waals surface area (Å²) in [6, 6.07) is 12.3. The normalized spacial score (nSPS) is 29.3. The molecule has 3 atom stereocenters. The van der Waals surface area contributed by atoms with Gasteiger partial charge in [0.15, 0.2) is 5.60 Å². The van der Waals surface area contributed by atoms with E-state index in [0.717, 1.165) is 24.9 Å². The molecule has 2 aromatic carbocycles. The molecule has 120 valence electrons. The molecule has 2 heterocycles. The van der Waals surface area contributed by atoms with Gasteiger partial charge in [0, 0.05) is 11.6 Å². The van der Waals surface area contributed by atoms with Gasteiger partial charge in [0.1, 0.15) is 17.7 Å². The Hall–Kier alpha value is -1.62. The van der Waals surface area contributed by atoms with Crippen LogP contribution >= 0.6 is 11.6 Å². The number of aliphatic hydroxyl groups is 1. The Bertz CT molecular complexity index is 733. The molecule has 0 radical (unpaired) electrons. The summed E-state index contributed by atoms with van der Waals surface area (Å²) in [6.07, 6.45) is 0.991. The van der Waals surface area contributed by atoms with E-state index in [2.05, 4.69) is 5.32 Å². The van der Waals surface area contributed by atoms with E-state index in [-0.39, 0.29) is 11.1 Å². The van der Waals surface area contributed by atoms with Crippen LogP contribution < -0.4 is 10.1 Å². The Morgan fingerprint density at radius 3 is 2.74 bits per heavy atom. The third-order valence-electron chi connectivity index (χ3n) is 4.84. The van der Waals surface area contributed by atoms with E-state index in [1.54, 1.807) is 0 Å². The highest BCUT2D eigenvalue weighted by molar-refractivity contribution is 6.30. The van der Waals surface area contributed by atoms with Gasteiger partial charge in [-0.3, -0.25) is 0 Å². The Balaban J connectivity index is 1.88. The van der Waals surface area contributed by atoms with Crippen molar-refractivity contribution in [1.82, 2.24) is 5.32 Å². The summed E-state index contributed by atoms with van der Waals surface area (Å²) in [5, 5.41) is 14.5. The van der Waals surface area contributed by atoms with Crippen LogP contribution in [0.5, 0.6) is 5.75 Å². The van der Waals surface area contributed by atoms with E-state index in [1.807, 2.05) is 30.3 Å². The third kappa shape index (κ3) is 2.17. The van der Waals surface area contributed by atoms with E-state index in [1.165, 1.54) is 12.1 Å². The van der Waals surface area contributed by atoms with E-state index in [4.69, 9.17) is 16.3 Å². The Morgan fingerprint density at radius 2 is 2.04 bits per heavy atom. The average molecular weight is 334 g/mol. The summed E-state index contributed by atoms with van der Waals surface area (Å²) in [4.78, 5) is 0. The molecular formula is C18H17ClFNO2. The molecule has 0 bridgehead atoms. The molecule has 0 aromatic heterocycles. The van der Waals surface area contributed by atoms with Crippen molar-refractivity contribution in [2.45, 2.75) is 30.6 Å². The van der Waals surface area contributed by atoms with E-state index >= 15 is 0 Å². The van der Waals surface area contributed by atoms with Crippen LogP contribution in [0, 0.1) is 5.82 Å². The molecule has 2 aliphatic heterocycles. The van der Waals surface area contributed by atoms with Crippen molar-refractivity contribution >= 4 is 11.6 Å². The molecular weight excluding hydrogens is 317 g/mol. The lowest BCUT2D eigenvalue weighted by Gasteiger charge is -2.38. The summed E-state index contributed by atoms with van der Waals surface area (Å²) in [5.74, 6) is -0.183. The number of hydrogen-bond acceptors (Lipinski definition) is 3. The van der Waals surface area contributed by atoms with Crippen LogP contribution in [0.15, 0.2) is 42.5 Å². The molecule has 2 aliphatic rings. The van der Waals surface area contributed by atoms with Gasteiger partial charge in [-0.2, -0.15) is 0 Å². The van der Waals surface area contributed by atoms with Gasteiger partial charge in [-0.05, 0) is 31.0 Å². The summed E-state index contributed by atoms with van der Waals surface area (Å²) >= 11 is 5.90. The number of halogens is 2. The number of ether oxygens (including phenoxy) is 1. The molecule has 3 nitrogen and oxygen atoms in total. The highest BCUT2D eigenvalue weighted by atomic mass is 35.5. The Kier molecular flexibility index (Phi) is 3.56. The molecule has 1 unspecified atom stereocenters. The van der Waals surface area contributed by atoms with E-state index in [0.29, 0.717) is 11.3 Å². The highest BCUT2D eigenvalue weighted by Gasteiger charge is 2.55. The van der Waals surface area contributed by atoms with Crippen molar-refractivity contribution in [2.24, 2.45) is 0 Å². The van der Waals surface area contributed by atoms with E-state index in [9.17, 15) is 9.50 Å². The third-order valence-corrected chi connectivity index (χ3v) is 5.12. The average Bonchev–Trinajstić information content (AvgIpc) is 3.18. The summed E-state index contributed by atoms with van der Waals surface area (Å²) in [7, 11) is 0. The number of hydrogen-bond donors (Lipinski definition) is 2. The van der Waals surface area contributed by atoms with Crippen LogP contribution in [0.3, 0.4) is 0 Å². The standard InChI is InChI=1S/C18H17ClFNO2/c19-13-9-12-15(10-14(13)20)23-18(17(12)22,16-7-4-8-21-16)11-5-2-1-3-6-11/h1-3,5-6,9-10,16-17,21-22H,4,7-8H2/t16?,17-,18-/m0/s1. The summed E-state index contributed by atoms with van der Waals surface area (Å²) in [6.45, 7) is 0.876. The van der Waals surface area contributed by atoms with Crippen molar-refractivity contribution in [3.63, 3.8) is 0 Å². The van der Waals surface area contributed by atoms with Crippen molar-refractivity contribution in [2.75, 3.05) is 6.54 Å². The summed E-state index contributed by atoms with van der Waals surface area (Å²) < 4.78 is 20.0. The number of aliphatic hydroxyl groups excluding tert-OH is 1. The second-order valence-corrected chi connectivity index (χ2v) is 6.52. The van der Waals surface area contributed by atoms with Crippen LogP contribution in [0.25, 0.3) is 0 Å². The second-order valence-electron chi connectivity index (χ2n) is 6.12. The molecule has 4 rings (SSSR count). The monoisotopic (exact) mass is 333 g/mol. The quantitative estimate of drug-likeness (QED) is 0.883. The van der Waals surface area contributed by atoms with Crippen molar-refractivity contribution in [3.05, 3.63) is 64.4 Å². The zero-order chi connectivity index (χ0) is 16.0. The van der Waals surface area contributed by atoms with Crippen molar-refractivity contribution in [1.29, 1.82) is 0 Å². The lowest BCUT2D eigenvalue weighted by molar-refractivity contribution is -0.0567. The molecule has 0 saturated carbocycles. The smallest absolute Gasteiger partial charge is 0.179 e. The number of benzene rings is 2. The largest absolute Gasteiger partial charge is 0.477 e. The topological polar surface area (TPSA) is 41.5 Å². The first-order chi connectivity index (χ1) is 11.1. The molecule has 0 spiro atoms. The maximum Gasteiger partial charge on any atom is 0.179 e. The van der Waals surface area contributed by atoms with Crippen molar-refractivity contribution in [3.8, 4) is 5.75 Å². The first kappa shape index (κ1) is 14.9. The predicted octanol–water partition coefficient (Wildman–Crippen LogP) is 3.55. The van der Waals surface area contributed by atoms with Crippen LogP contribution in [0.4, 0.5) is 4.39 Å². The van der Waals surface area contributed by atoms with Gasteiger partial charge in [-0.15, -0.1) is 0 Å². The lowest BCUT2D eigenvalue weighted by atomic mass is 9.79. The van der Waals surface area contributed by atoms with Crippen LogP contribution in [-0.4, -0.2) is 17.7 Å². The highest BCUT2D eigenvalue weighted by Crippen LogP contribution is 2.53. The zero-order valence-electron chi connectivity index (χ0n) is 12.4. The number of nitrogens with one attached hydrogen (secondary N) is 1. The van der Waals surface area contributed by atoms with Gasteiger partial charge >= 0.3 is 0 Å². The SMILES string of the molecule is O[C@H]1c2cc(Cl)c(F)cc2O[C@@]1(c1ccccc1)C1CCCN1. The molecule has 0 amide bonds. The van der Waals surface area contributed by atoms with Gasteiger partial charge in [0.05, 0.1) is 11.1 Å². The Labute approximate surface area is 139 Å². The minimum absolute atomic E-state index is 0.00496. The maximum absolute atomic E-state index is 13.8. The van der Waals surface area contributed by atoms with Gasteiger partial charge in [0.25, 0.3) is 0 Å². The molecule has 0 aliphatic carbocycles. The summed E-state index contributed by atoms with van der Waals surface area (Å²) in [5.41, 5.74) is 0.450. The first-order valence-corrected chi connectivity index (χ1v) is 8.15. The second kappa shape index (κ2) is 5.48. The Morgan fingerprint density at radius 1 is 1.26 bits per heavy atom. The molecule has 23 heavy (non-hydrogen) atoms. The van der Waals surface area contributed by atoms with Gasteiger partial charge in [0.2, 0.25) is 0 Å². The molecule has 2 aromatic rings. The van der Waals surface area contributed by atoms with Crippen LogP contribution in [0.2, 0.25) is 5.02 Å². The van der Waals surface area contributed by atoms with Crippen LogP contribution in [-0.2, 0) is 5.60 Å². The minimum atomic E-state index is -0.961. The number of rotatable bonds is 2. The molecule has 1 fully saturated rings. The maximum atomic E-state index is 13.8.